The highest BCUT2D eigenvalue weighted by Gasteiger charge is 2.48. The van der Waals surface area contributed by atoms with Crippen LogP contribution >= 0.6 is 0 Å². The molecule has 1 aliphatic carbocycles. The zero-order valence-electron chi connectivity index (χ0n) is 17.5. The SMILES string of the molecule is CCCOC(=O)C1=C(C)NC2=C(C(=O)[C@@H](C(=O)OC)[C@H](C)C2)[C@H]1c1ccc(C)o1. The number of esters is 2. The van der Waals surface area contributed by atoms with Gasteiger partial charge in [0, 0.05) is 17.0 Å². The summed E-state index contributed by atoms with van der Waals surface area (Å²) in [4.78, 5) is 38.6. The predicted octanol–water partition coefficient (Wildman–Crippen LogP) is 3.15. The van der Waals surface area contributed by atoms with Gasteiger partial charge in [-0.3, -0.25) is 9.59 Å². The lowest BCUT2D eigenvalue weighted by Crippen LogP contribution is -2.43. The van der Waals surface area contributed by atoms with Gasteiger partial charge in [-0.2, -0.15) is 0 Å². The fraction of sp³-hybridized carbons (Fsp3) is 0.500. The van der Waals surface area contributed by atoms with Crippen LogP contribution in [0.4, 0.5) is 0 Å². The summed E-state index contributed by atoms with van der Waals surface area (Å²) in [6.45, 7) is 7.63. The number of Topliss-reactive ketones (excluding diaryl/α,β-unsaturated/α-hetero) is 1. The highest BCUT2D eigenvalue weighted by Crippen LogP contribution is 2.45. The van der Waals surface area contributed by atoms with Crippen molar-refractivity contribution in [3.05, 3.63) is 46.2 Å². The van der Waals surface area contributed by atoms with Gasteiger partial charge >= 0.3 is 11.9 Å². The van der Waals surface area contributed by atoms with E-state index < -0.39 is 23.8 Å². The predicted molar refractivity (Wildman–Crippen MR) is 105 cm³/mol. The molecule has 0 amide bonds. The molecular weight excluding hydrogens is 374 g/mol. The number of dihydropyridines is 1. The number of nitrogens with one attached hydrogen (secondary N) is 1. The minimum absolute atomic E-state index is 0.221. The second-order valence-electron chi connectivity index (χ2n) is 7.62. The van der Waals surface area contributed by atoms with Gasteiger partial charge < -0.3 is 19.2 Å². The quantitative estimate of drug-likeness (QED) is 0.598. The topological polar surface area (TPSA) is 94.8 Å². The van der Waals surface area contributed by atoms with Crippen LogP contribution in [0.1, 0.15) is 51.1 Å². The first-order chi connectivity index (χ1) is 13.8. The lowest BCUT2D eigenvalue weighted by molar-refractivity contribution is -0.151. The first-order valence-corrected chi connectivity index (χ1v) is 9.86. The van der Waals surface area contributed by atoms with E-state index in [1.165, 1.54) is 7.11 Å². The normalized spacial score (nSPS) is 24.2. The van der Waals surface area contributed by atoms with E-state index in [1.54, 1.807) is 26.0 Å². The Morgan fingerprint density at radius 1 is 1.28 bits per heavy atom. The number of ketones is 1. The molecule has 0 bridgehead atoms. The number of ether oxygens (including phenoxy) is 2. The number of furan rings is 1. The molecule has 0 spiro atoms. The Labute approximate surface area is 170 Å². The van der Waals surface area contributed by atoms with Crippen LogP contribution in [0, 0.1) is 18.8 Å². The van der Waals surface area contributed by atoms with Crippen LogP contribution in [0.5, 0.6) is 0 Å². The fourth-order valence-electron chi connectivity index (χ4n) is 4.12. The Balaban J connectivity index is 2.13. The van der Waals surface area contributed by atoms with Gasteiger partial charge in [-0.25, -0.2) is 4.79 Å². The summed E-state index contributed by atoms with van der Waals surface area (Å²) in [7, 11) is 1.27. The van der Waals surface area contributed by atoms with Gasteiger partial charge in [-0.1, -0.05) is 13.8 Å². The summed E-state index contributed by atoms with van der Waals surface area (Å²) in [5.41, 5.74) is 2.05. The van der Waals surface area contributed by atoms with Crippen molar-refractivity contribution in [3.63, 3.8) is 0 Å². The lowest BCUT2D eigenvalue weighted by atomic mass is 9.70. The second-order valence-corrected chi connectivity index (χ2v) is 7.62. The fourth-order valence-corrected chi connectivity index (χ4v) is 4.12. The first-order valence-electron chi connectivity index (χ1n) is 9.86. The van der Waals surface area contributed by atoms with Crippen molar-refractivity contribution >= 4 is 17.7 Å². The maximum Gasteiger partial charge on any atom is 0.336 e. The third-order valence-corrected chi connectivity index (χ3v) is 5.45. The molecular formula is C22H27NO6. The zero-order chi connectivity index (χ0) is 21.3. The van der Waals surface area contributed by atoms with E-state index in [1.807, 2.05) is 13.8 Å². The molecule has 0 saturated heterocycles. The van der Waals surface area contributed by atoms with Crippen molar-refractivity contribution < 1.29 is 28.3 Å². The van der Waals surface area contributed by atoms with Crippen LogP contribution in [0.15, 0.2) is 39.1 Å². The van der Waals surface area contributed by atoms with Crippen molar-refractivity contribution in [1.29, 1.82) is 0 Å². The molecule has 0 unspecified atom stereocenters. The monoisotopic (exact) mass is 401 g/mol. The van der Waals surface area contributed by atoms with E-state index in [4.69, 9.17) is 13.9 Å². The van der Waals surface area contributed by atoms with E-state index in [-0.39, 0.29) is 18.3 Å². The summed E-state index contributed by atoms with van der Waals surface area (Å²) in [5.74, 6) is -2.12. The first kappa shape index (κ1) is 20.9. The summed E-state index contributed by atoms with van der Waals surface area (Å²) in [5, 5.41) is 3.21. The van der Waals surface area contributed by atoms with Crippen LogP contribution in [-0.2, 0) is 23.9 Å². The number of rotatable bonds is 5. The molecule has 0 fully saturated rings. The molecule has 1 aromatic heterocycles. The molecule has 1 aliphatic heterocycles. The van der Waals surface area contributed by atoms with Gasteiger partial charge in [-0.15, -0.1) is 0 Å². The van der Waals surface area contributed by atoms with Crippen LogP contribution in [0.25, 0.3) is 0 Å². The molecule has 3 atom stereocenters. The van der Waals surface area contributed by atoms with Gasteiger partial charge in [0.15, 0.2) is 5.78 Å². The van der Waals surface area contributed by atoms with Crippen LogP contribution in [0.2, 0.25) is 0 Å². The van der Waals surface area contributed by atoms with Gasteiger partial charge in [0.05, 0.1) is 25.2 Å². The number of carbonyl (C=O) groups excluding carboxylic acids is 3. The highest BCUT2D eigenvalue weighted by molar-refractivity contribution is 6.12. The molecule has 29 heavy (non-hydrogen) atoms. The molecule has 156 valence electrons. The van der Waals surface area contributed by atoms with E-state index in [2.05, 4.69) is 5.32 Å². The van der Waals surface area contributed by atoms with Gasteiger partial charge in [0.2, 0.25) is 0 Å². The summed E-state index contributed by atoms with van der Waals surface area (Å²) < 4.78 is 16.1. The minimum atomic E-state index is -0.912. The molecule has 2 heterocycles. The van der Waals surface area contributed by atoms with Gasteiger partial charge in [0.1, 0.15) is 17.4 Å². The highest BCUT2D eigenvalue weighted by atomic mass is 16.5. The molecule has 1 aromatic rings. The Morgan fingerprint density at radius 2 is 2.00 bits per heavy atom. The Morgan fingerprint density at radius 3 is 2.59 bits per heavy atom. The number of hydrogen-bond donors (Lipinski definition) is 1. The average Bonchev–Trinajstić information content (AvgIpc) is 3.10. The third kappa shape index (κ3) is 3.73. The maximum absolute atomic E-state index is 13.4. The molecule has 7 heteroatoms. The van der Waals surface area contributed by atoms with Gasteiger partial charge in [0.25, 0.3) is 0 Å². The minimum Gasteiger partial charge on any atom is -0.468 e. The van der Waals surface area contributed by atoms with E-state index in [0.717, 1.165) is 0 Å². The number of aryl methyl sites for hydroxylation is 1. The summed E-state index contributed by atoms with van der Waals surface area (Å²) in [6.07, 6.45) is 1.18. The lowest BCUT2D eigenvalue weighted by Gasteiger charge is -2.37. The molecule has 0 saturated carbocycles. The number of hydrogen-bond acceptors (Lipinski definition) is 7. The number of allylic oxidation sites excluding steroid dienone is 3. The average molecular weight is 401 g/mol. The molecule has 3 rings (SSSR count). The van der Waals surface area contributed by atoms with Crippen molar-refractivity contribution in [3.8, 4) is 0 Å². The molecule has 0 radical (unpaired) electrons. The largest absolute Gasteiger partial charge is 0.468 e. The zero-order valence-corrected chi connectivity index (χ0v) is 17.5. The third-order valence-electron chi connectivity index (χ3n) is 5.45. The van der Waals surface area contributed by atoms with Crippen LogP contribution in [-0.4, -0.2) is 31.4 Å². The summed E-state index contributed by atoms with van der Waals surface area (Å²) in [6, 6.07) is 3.55. The number of carbonyl (C=O) groups is 3. The van der Waals surface area contributed by atoms with Crippen molar-refractivity contribution in [1.82, 2.24) is 5.32 Å². The second kappa shape index (κ2) is 8.27. The van der Waals surface area contributed by atoms with Crippen molar-refractivity contribution in [2.45, 2.75) is 46.5 Å². The molecule has 0 aromatic carbocycles. The molecule has 1 N–H and O–H groups in total. The Bertz CT molecular complexity index is 906. The van der Waals surface area contributed by atoms with Gasteiger partial charge in [-0.05, 0) is 44.7 Å². The van der Waals surface area contributed by atoms with E-state index in [0.29, 0.717) is 46.9 Å². The standard InChI is InChI=1S/C22H27NO6/c1-6-9-28-22(26)17-13(4)23-14-10-11(2)16(21(25)27-5)20(24)18(14)19(17)15-8-7-12(3)29-15/h7-8,11,16,19,23H,6,9-10H2,1-5H3/t11-,16+,19+/m1/s1. The maximum atomic E-state index is 13.4. The Hall–Kier alpha value is -2.83. The van der Waals surface area contributed by atoms with Crippen LogP contribution in [0.3, 0.4) is 0 Å². The summed E-state index contributed by atoms with van der Waals surface area (Å²) >= 11 is 0. The molecule has 2 aliphatic rings. The van der Waals surface area contributed by atoms with E-state index in [9.17, 15) is 14.4 Å². The smallest absolute Gasteiger partial charge is 0.336 e. The molecule has 7 nitrogen and oxygen atoms in total. The van der Waals surface area contributed by atoms with Crippen molar-refractivity contribution in [2.24, 2.45) is 11.8 Å². The van der Waals surface area contributed by atoms with Crippen LogP contribution < -0.4 is 5.32 Å². The van der Waals surface area contributed by atoms with Crippen molar-refractivity contribution in [2.75, 3.05) is 13.7 Å². The van der Waals surface area contributed by atoms with E-state index >= 15 is 0 Å². The Kier molecular flexibility index (Phi) is 5.96. The number of methoxy groups -OCH3 is 1.